The molecule has 1 saturated carbocycles. The van der Waals surface area contributed by atoms with Crippen molar-refractivity contribution in [2.75, 3.05) is 12.3 Å². The number of hydrogen-bond acceptors (Lipinski definition) is 3. The zero-order valence-corrected chi connectivity index (χ0v) is 13.7. The third kappa shape index (κ3) is 3.82. The molecular weight excluding hydrogens is 272 g/mol. The Kier molecular flexibility index (Phi) is 5.24. The number of carbonyl (C=O) groups excluding carboxylic acids is 1. The van der Waals surface area contributed by atoms with E-state index < -0.39 is 5.60 Å². The summed E-state index contributed by atoms with van der Waals surface area (Å²) in [7, 11) is 0. The summed E-state index contributed by atoms with van der Waals surface area (Å²) in [5, 5.41) is 14.1. The van der Waals surface area contributed by atoms with Crippen LogP contribution in [0.25, 0.3) is 0 Å². The Morgan fingerprint density at radius 2 is 2.15 bits per heavy atom. The summed E-state index contributed by atoms with van der Waals surface area (Å²) >= 11 is 2.00. The number of thioether (sulfide) groups is 1. The molecule has 2 aliphatic rings. The first-order chi connectivity index (χ1) is 9.41. The fourth-order valence-electron chi connectivity index (χ4n) is 3.46. The standard InChI is InChI=1S/C15H28N2O2S/c1-4-20-12-8-7-11(10-12)16-14(18)17-9-5-6-13(17)15(2,3)19/h11-13,19H,4-10H2,1-3H3,(H,16,18)/t11-,12-,13+/m1/s1. The van der Waals surface area contributed by atoms with E-state index in [0.29, 0.717) is 11.3 Å². The third-order valence-electron chi connectivity index (χ3n) is 4.44. The van der Waals surface area contributed by atoms with Gasteiger partial charge < -0.3 is 15.3 Å². The van der Waals surface area contributed by atoms with Crippen molar-refractivity contribution in [1.82, 2.24) is 10.2 Å². The van der Waals surface area contributed by atoms with E-state index in [0.717, 1.165) is 38.0 Å². The van der Waals surface area contributed by atoms with Crippen LogP contribution < -0.4 is 5.32 Å². The molecular formula is C15H28N2O2S. The smallest absolute Gasteiger partial charge is 0.317 e. The first-order valence-corrected chi connectivity index (χ1v) is 8.87. The highest BCUT2D eigenvalue weighted by atomic mass is 32.2. The Morgan fingerprint density at radius 3 is 2.80 bits per heavy atom. The van der Waals surface area contributed by atoms with E-state index in [1.807, 2.05) is 16.7 Å². The number of urea groups is 1. The van der Waals surface area contributed by atoms with Gasteiger partial charge in [-0.15, -0.1) is 0 Å². The number of likely N-dealkylation sites (tertiary alicyclic amines) is 1. The van der Waals surface area contributed by atoms with Gasteiger partial charge in [0.15, 0.2) is 0 Å². The lowest BCUT2D eigenvalue weighted by atomic mass is 9.97. The molecule has 0 bridgehead atoms. The van der Waals surface area contributed by atoms with Crippen molar-refractivity contribution in [1.29, 1.82) is 0 Å². The van der Waals surface area contributed by atoms with E-state index >= 15 is 0 Å². The topological polar surface area (TPSA) is 52.6 Å². The summed E-state index contributed by atoms with van der Waals surface area (Å²) in [5.41, 5.74) is -0.815. The summed E-state index contributed by atoms with van der Waals surface area (Å²) in [4.78, 5) is 14.3. The highest BCUT2D eigenvalue weighted by molar-refractivity contribution is 7.99. The number of hydrogen-bond donors (Lipinski definition) is 2. The van der Waals surface area contributed by atoms with Crippen LogP contribution in [-0.2, 0) is 0 Å². The molecule has 2 N–H and O–H groups in total. The number of carbonyl (C=O) groups is 1. The van der Waals surface area contributed by atoms with Crippen molar-refractivity contribution in [2.24, 2.45) is 0 Å². The van der Waals surface area contributed by atoms with Crippen LogP contribution >= 0.6 is 11.8 Å². The lowest BCUT2D eigenvalue weighted by Crippen LogP contribution is -2.53. The molecule has 0 aromatic rings. The number of aliphatic hydroxyl groups is 1. The first kappa shape index (κ1) is 16.0. The van der Waals surface area contributed by atoms with Gasteiger partial charge in [0.1, 0.15) is 0 Å². The Labute approximate surface area is 126 Å². The SMILES string of the molecule is CCS[C@@H]1CC[C@@H](NC(=O)N2CCC[C@H]2C(C)(C)O)C1. The summed E-state index contributed by atoms with van der Waals surface area (Å²) in [5.74, 6) is 1.15. The Morgan fingerprint density at radius 1 is 1.40 bits per heavy atom. The van der Waals surface area contributed by atoms with E-state index in [1.54, 1.807) is 13.8 Å². The van der Waals surface area contributed by atoms with Gasteiger partial charge in [0.2, 0.25) is 0 Å². The zero-order valence-electron chi connectivity index (χ0n) is 12.9. The largest absolute Gasteiger partial charge is 0.388 e. The van der Waals surface area contributed by atoms with Crippen molar-refractivity contribution < 1.29 is 9.90 Å². The van der Waals surface area contributed by atoms with Crippen LogP contribution in [0.3, 0.4) is 0 Å². The third-order valence-corrected chi connectivity index (χ3v) is 5.68. The van der Waals surface area contributed by atoms with Gasteiger partial charge in [-0.3, -0.25) is 0 Å². The number of amides is 2. The van der Waals surface area contributed by atoms with Crippen molar-refractivity contribution in [3.63, 3.8) is 0 Å². The van der Waals surface area contributed by atoms with E-state index in [1.165, 1.54) is 6.42 Å². The van der Waals surface area contributed by atoms with Gasteiger partial charge in [0.25, 0.3) is 0 Å². The fraction of sp³-hybridized carbons (Fsp3) is 0.933. The molecule has 1 aliphatic carbocycles. The summed E-state index contributed by atoms with van der Waals surface area (Å²) in [6.07, 6.45) is 5.27. The maximum absolute atomic E-state index is 12.4. The van der Waals surface area contributed by atoms with Gasteiger partial charge >= 0.3 is 6.03 Å². The normalized spacial score (nSPS) is 30.8. The second kappa shape index (κ2) is 6.56. The summed E-state index contributed by atoms with van der Waals surface area (Å²) in [6.45, 7) is 6.55. The lowest BCUT2D eigenvalue weighted by molar-refractivity contribution is 0.00948. The van der Waals surface area contributed by atoms with Crippen LogP contribution in [-0.4, -0.2) is 51.3 Å². The number of nitrogens with zero attached hydrogens (tertiary/aromatic N) is 1. The number of nitrogens with one attached hydrogen (secondary N) is 1. The summed E-state index contributed by atoms with van der Waals surface area (Å²) in [6, 6.07) is 0.279. The van der Waals surface area contributed by atoms with Gasteiger partial charge in [-0.25, -0.2) is 4.79 Å². The maximum atomic E-state index is 12.4. The molecule has 0 radical (unpaired) electrons. The number of rotatable bonds is 4. The maximum Gasteiger partial charge on any atom is 0.317 e. The van der Waals surface area contributed by atoms with Gasteiger partial charge in [-0.1, -0.05) is 6.92 Å². The first-order valence-electron chi connectivity index (χ1n) is 7.83. The monoisotopic (exact) mass is 300 g/mol. The Hall–Kier alpha value is -0.420. The minimum Gasteiger partial charge on any atom is -0.388 e. The molecule has 0 spiro atoms. The van der Waals surface area contributed by atoms with Crippen molar-refractivity contribution in [3.05, 3.63) is 0 Å². The Balaban J connectivity index is 1.86. The molecule has 20 heavy (non-hydrogen) atoms. The van der Waals surface area contributed by atoms with Gasteiger partial charge in [-0.05, 0) is 51.7 Å². The second-order valence-corrected chi connectivity index (χ2v) is 8.12. The molecule has 2 rings (SSSR count). The van der Waals surface area contributed by atoms with Crippen molar-refractivity contribution >= 4 is 17.8 Å². The molecule has 116 valence electrons. The van der Waals surface area contributed by atoms with E-state index in [4.69, 9.17) is 0 Å². The average molecular weight is 300 g/mol. The predicted molar refractivity (Wildman–Crippen MR) is 84.1 cm³/mol. The molecule has 2 amide bonds. The van der Waals surface area contributed by atoms with Crippen molar-refractivity contribution in [2.45, 2.75) is 75.8 Å². The molecule has 1 saturated heterocycles. The van der Waals surface area contributed by atoms with Crippen LogP contribution in [0.1, 0.15) is 52.9 Å². The molecule has 1 heterocycles. The molecule has 3 atom stereocenters. The van der Waals surface area contributed by atoms with Crippen LogP contribution in [0.15, 0.2) is 0 Å². The van der Waals surface area contributed by atoms with E-state index in [-0.39, 0.29) is 12.1 Å². The van der Waals surface area contributed by atoms with Crippen LogP contribution in [0, 0.1) is 0 Å². The Bertz CT molecular complexity index is 343. The average Bonchev–Trinajstić information content (AvgIpc) is 2.97. The minimum absolute atomic E-state index is 0.0155. The molecule has 0 aromatic heterocycles. The highest BCUT2D eigenvalue weighted by Crippen LogP contribution is 2.31. The lowest BCUT2D eigenvalue weighted by Gasteiger charge is -2.34. The molecule has 4 nitrogen and oxygen atoms in total. The zero-order chi connectivity index (χ0) is 14.8. The van der Waals surface area contributed by atoms with E-state index in [2.05, 4.69) is 12.2 Å². The quantitative estimate of drug-likeness (QED) is 0.839. The van der Waals surface area contributed by atoms with Crippen LogP contribution in [0.5, 0.6) is 0 Å². The van der Waals surface area contributed by atoms with E-state index in [9.17, 15) is 9.90 Å². The highest BCUT2D eigenvalue weighted by Gasteiger charge is 2.39. The molecule has 0 unspecified atom stereocenters. The van der Waals surface area contributed by atoms with Crippen molar-refractivity contribution in [3.8, 4) is 0 Å². The van der Waals surface area contributed by atoms with Crippen LogP contribution in [0.2, 0.25) is 0 Å². The molecule has 2 fully saturated rings. The predicted octanol–water partition coefficient (Wildman–Crippen LogP) is 2.61. The van der Waals surface area contributed by atoms with Gasteiger partial charge in [-0.2, -0.15) is 11.8 Å². The fourth-order valence-corrected chi connectivity index (χ4v) is 4.60. The minimum atomic E-state index is -0.815. The molecule has 1 aliphatic heterocycles. The summed E-state index contributed by atoms with van der Waals surface area (Å²) < 4.78 is 0. The van der Waals surface area contributed by atoms with Crippen LogP contribution in [0.4, 0.5) is 4.79 Å². The van der Waals surface area contributed by atoms with Gasteiger partial charge in [0, 0.05) is 17.8 Å². The molecule has 5 heteroatoms. The van der Waals surface area contributed by atoms with Gasteiger partial charge in [0.05, 0.1) is 11.6 Å². The second-order valence-electron chi connectivity index (χ2n) is 6.54. The molecule has 0 aromatic carbocycles.